The molecule has 1 fully saturated rings. The highest BCUT2D eigenvalue weighted by Gasteiger charge is 2.44. The first-order chi connectivity index (χ1) is 14.1. The number of urea groups is 1. The molecule has 0 bridgehead atoms. The summed E-state index contributed by atoms with van der Waals surface area (Å²) in [4.78, 5) is 31.1. The number of anilines is 2. The minimum Gasteiger partial charge on any atom is -0.497 e. The van der Waals surface area contributed by atoms with E-state index in [-0.39, 0.29) is 11.5 Å². The largest absolute Gasteiger partial charge is 0.497 e. The first-order valence-corrected chi connectivity index (χ1v) is 9.68. The van der Waals surface area contributed by atoms with E-state index in [2.05, 4.69) is 10.3 Å². The Balaban J connectivity index is 2.03. The number of benzene rings is 2. The molecule has 1 unspecified atom stereocenters. The third-order valence-electron chi connectivity index (χ3n) is 4.23. The van der Waals surface area contributed by atoms with E-state index in [0.29, 0.717) is 11.4 Å². The zero-order valence-corrected chi connectivity index (χ0v) is 18.0. The average molecular weight is 474 g/mol. The van der Waals surface area contributed by atoms with Gasteiger partial charge in [-0.1, -0.05) is 46.9 Å². The van der Waals surface area contributed by atoms with E-state index in [0.717, 1.165) is 15.9 Å². The number of carbonyl (C=O) groups is 2. The van der Waals surface area contributed by atoms with Crippen molar-refractivity contribution >= 4 is 64.0 Å². The zero-order valence-electron chi connectivity index (χ0n) is 15.8. The normalized spacial score (nSPS) is 16.9. The highest BCUT2D eigenvalue weighted by molar-refractivity contribution is 6.68. The van der Waals surface area contributed by atoms with Crippen molar-refractivity contribution in [3.8, 4) is 5.75 Å². The molecule has 2 aromatic carbocycles. The van der Waals surface area contributed by atoms with Crippen LogP contribution >= 0.6 is 34.8 Å². The molecule has 1 N–H and O–H groups in total. The second-order valence-electron chi connectivity index (χ2n) is 6.20. The van der Waals surface area contributed by atoms with Crippen LogP contribution in [0.5, 0.6) is 5.75 Å². The van der Waals surface area contributed by atoms with E-state index in [1.165, 1.54) is 32.4 Å². The van der Waals surface area contributed by atoms with Crippen molar-refractivity contribution in [1.29, 1.82) is 0 Å². The number of hydrogen-bond acceptors (Lipinski definition) is 5. The van der Waals surface area contributed by atoms with Crippen molar-refractivity contribution in [2.75, 3.05) is 24.4 Å². The van der Waals surface area contributed by atoms with Crippen LogP contribution in [0, 0.1) is 5.82 Å². The smallest absolute Gasteiger partial charge is 0.337 e. The summed E-state index contributed by atoms with van der Waals surface area (Å²) in [5.74, 6) is -1.25. The summed E-state index contributed by atoms with van der Waals surface area (Å²) in [5.41, 5.74) is 0.366. The Morgan fingerprint density at radius 2 is 1.73 bits per heavy atom. The van der Waals surface area contributed by atoms with Gasteiger partial charge in [0.1, 0.15) is 11.6 Å². The molecule has 0 saturated carbocycles. The Morgan fingerprint density at radius 3 is 2.30 bits per heavy atom. The van der Waals surface area contributed by atoms with E-state index in [4.69, 9.17) is 39.5 Å². The predicted octanol–water partition coefficient (Wildman–Crippen LogP) is 4.44. The fourth-order valence-electron chi connectivity index (χ4n) is 2.69. The fourth-order valence-corrected chi connectivity index (χ4v) is 3.00. The molecule has 3 amide bonds. The fraction of sp³-hybridized carbons (Fsp3) is 0.211. The Kier molecular flexibility index (Phi) is 6.40. The van der Waals surface area contributed by atoms with Gasteiger partial charge in [0, 0.05) is 12.7 Å². The molecule has 1 aliphatic heterocycles. The molecule has 2 aromatic rings. The number of nitrogens with one attached hydrogen (secondary N) is 1. The molecule has 0 aromatic heterocycles. The summed E-state index contributed by atoms with van der Waals surface area (Å²) in [6.07, 6.45) is -1.27. The summed E-state index contributed by atoms with van der Waals surface area (Å²) < 4.78 is 17.4. The number of nitrogens with zero attached hydrogens (tertiary/aromatic N) is 3. The van der Waals surface area contributed by atoms with Crippen molar-refractivity contribution in [3.63, 3.8) is 0 Å². The molecule has 3 rings (SSSR count). The molecule has 0 radical (unpaired) electrons. The molecule has 1 heterocycles. The Morgan fingerprint density at radius 1 is 1.10 bits per heavy atom. The molecule has 158 valence electrons. The van der Waals surface area contributed by atoms with Crippen LogP contribution in [-0.4, -0.2) is 46.8 Å². The standard InChI is InChI=1S/C19H16Cl3FN4O3/c1-26-16(28)15(27(18(26)29)14-6-4-3-5-13(14)23)25-17(19(20,21)22)24-11-7-9-12(30-2)10-8-11/h3-10,17,24H,1-2H3. The van der Waals surface area contributed by atoms with Crippen LogP contribution in [0.4, 0.5) is 20.6 Å². The Bertz CT molecular complexity index is 995. The van der Waals surface area contributed by atoms with Crippen molar-refractivity contribution in [1.82, 2.24) is 4.90 Å². The van der Waals surface area contributed by atoms with Crippen LogP contribution in [-0.2, 0) is 4.79 Å². The van der Waals surface area contributed by atoms with Crippen LogP contribution in [0.2, 0.25) is 0 Å². The number of likely N-dealkylation sites (N-methyl/N-ethyl adjacent to an activating group) is 1. The SMILES string of the molecule is COc1ccc(NC(N=C2C(=O)N(C)C(=O)N2c2ccccc2F)C(Cl)(Cl)Cl)cc1. The number of imide groups is 1. The average Bonchev–Trinajstić information content (AvgIpc) is 2.91. The van der Waals surface area contributed by atoms with E-state index in [1.54, 1.807) is 24.3 Å². The maximum Gasteiger partial charge on any atom is 0.337 e. The third-order valence-corrected chi connectivity index (χ3v) is 4.85. The molecule has 7 nitrogen and oxygen atoms in total. The second kappa shape index (κ2) is 8.67. The molecule has 0 aliphatic carbocycles. The number of hydrogen-bond donors (Lipinski definition) is 1. The number of methoxy groups -OCH3 is 1. The summed E-state index contributed by atoms with van der Waals surface area (Å²) in [6.45, 7) is 0. The van der Waals surface area contributed by atoms with Gasteiger partial charge >= 0.3 is 6.03 Å². The summed E-state index contributed by atoms with van der Waals surface area (Å²) in [7, 11) is 2.78. The van der Waals surface area contributed by atoms with Gasteiger partial charge in [-0.25, -0.2) is 19.1 Å². The lowest BCUT2D eigenvalue weighted by atomic mass is 10.2. The van der Waals surface area contributed by atoms with Gasteiger partial charge < -0.3 is 10.1 Å². The molecule has 1 atom stereocenters. The maximum absolute atomic E-state index is 14.3. The number of halogens is 4. The second-order valence-corrected chi connectivity index (χ2v) is 8.57. The van der Waals surface area contributed by atoms with Crippen molar-refractivity contribution in [3.05, 3.63) is 54.3 Å². The quantitative estimate of drug-likeness (QED) is 0.515. The van der Waals surface area contributed by atoms with Gasteiger partial charge in [-0.15, -0.1) is 0 Å². The number of carbonyl (C=O) groups excluding carboxylic acids is 2. The van der Waals surface area contributed by atoms with Crippen molar-refractivity contribution in [2.24, 2.45) is 4.99 Å². The first-order valence-electron chi connectivity index (χ1n) is 8.55. The molecule has 0 spiro atoms. The van der Waals surface area contributed by atoms with Crippen molar-refractivity contribution in [2.45, 2.75) is 9.96 Å². The monoisotopic (exact) mass is 472 g/mol. The van der Waals surface area contributed by atoms with Crippen LogP contribution in [0.25, 0.3) is 0 Å². The van der Waals surface area contributed by atoms with Gasteiger partial charge in [0.15, 0.2) is 6.17 Å². The third kappa shape index (κ3) is 4.45. The van der Waals surface area contributed by atoms with Gasteiger partial charge in [0.25, 0.3) is 5.91 Å². The minimum absolute atomic E-state index is 0.147. The number of rotatable bonds is 5. The van der Waals surface area contributed by atoms with Gasteiger partial charge in [0.2, 0.25) is 9.63 Å². The Labute approximate surface area is 187 Å². The van der Waals surface area contributed by atoms with Crippen LogP contribution in [0.3, 0.4) is 0 Å². The summed E-state index contributed by atoms with van der Waals surface area (Å²) >= 11 is 18.2. The van der Waals surface area contributed by atoms with Gasteiger partial charge in [-0.2, -0.15) is 0 Å². The zero-order chi connectivity index (χ0) is 22.1. The highest BCUT2D eigenvalue weighted by Crippen LogP contribution is 2.35. The van der Waals surface area contributed by atoms with Crippen LogP contribution < -0.4 is 15.0 Å². The van der Waals surface area contributed by atoms with Crippen molar-refractivity contribution < 1.29 is 18.7 Å². The lowest BCUT2D eigenvalue weighted by Gasteiger charge is -2.24. The lowest BCUT2D eigenvalue weighted by Crippen LogP contribution is -2.38. The van der Waals surface area contributed by atoms with Crippen LogP contribution in [0.1, 0.15) is 0 Å². The number of amides is 3. The molecular formula is C19H16Cl3FN4O3. The molecule has 1 aliphatic rings. The predicted molar refractivity (Wildman–Crippen MR) is 115 cm³/mol. The summed E-state index contributed by atoms with van der Waals surface area (Å²) in [6, 6.07) is 11.4. The maximum atomic E-state index is 14.3. The molecule has 11 heteroatoms. The van der Waals surface area contributed by atoms with E-state index >= 15 is 0 Å². The lowest BCUT2D eigenvalue weighted by molar-refractivity contribution is -0.119. The van der Waals surface area contributed by atoms with Gasteiger partial charge in [0.05, 0.1) is 12.8 Å². The topological polar surface area (TPSA) is 74.2 Å². The minimum atomic E-state index is -2.00. The number of alkyl halides is 3. The van der Waals surface area contributed by atoms with E-state index < -0.39 is 27.7 Å². The number of aliphatic imine (C=N–C) groups is 1. The van der Waals surface area contributed by atoms with E-state index in [9.17, 15) is 14.0 Å². The Hall–Kier alpha value is -2.55. The molecule has 30 heavy (non-hydrogen) atoms. The first kappa shape index (κ1) is 22.1. The van der Waals surface area contributed by atoms with E-state index in [1.807, 2.05) is 0 Å². The van der Waals surface area contributed by atoms with Crippen LogP contribution in [0.15, 0.2) is 53.5 Å². The van der Waals surface area contributed by atoms with Gasteiger partial charge in [-0.05, 0) is 36.4 Å². The highest BCUT2D eigenvalue weighted by atomic mass is 35.6. The molecule has 1 saturated heterocycles. The number of ether oxygens (including phenoxy) is 1. The van der Waals surface area contributed by atoms with Gasteiger partial charge in [-0.3, -0.25) is 9.69 Å². The summed E-state index contributed by atoms with van der Waals surface area (Å²) in [5, 5.41) is 2.89. The number of para-hydroxylation sites is 1. The molecular weight excluding hydrogens is 458 g/mol. The number of amidine groups is 1.